The number of sulfonamides is 1. The summed E-state index contributed by atoms with van der Waals surface area (Å²) in [5.74, 6) is 1.13. The molecule has 7 heteroatoms. The molecule has 1 aliphatic heterocycles. The summed E-state index contributed by atoms with van der Waals surface area (Å²) in [5.41, 5.74) is 2.43. The lowest BCUT2D eigenvalue weighted by Crippen LogP contribution is -2.49. The standard InChI is InChI=1S/C14H22N4O2S/c1-2-10-21(19,20)18-8-6-17(7-9-18)14-11-12-4-3-5-13(12)15-16-14/h11H,2-10H2,1H3. The van der Waals surface area contributed by atoms with E-state index in [-0.39, 0.29) is 5.75 Å². The van der Waals surface area contributed by atoms with E-state index in [1.54, 1.807) is 4.31 Å². The maximum Gasteiger partial charge on any atom is 0.214 e. The fourth-order valence-electron chi connectivity index (χ4n) is 3.05. The molecule has 0 unspecified atom stereocenters. The van der Waals surface area contributed by atoms with Gasteiger partial charge in [-0.25, -0.2) is 8.42 Å². The molecule has 2 aliphatic rings. The number of hydrogen-bond acceptors (Lipinski definition) is 5. The van der Waals surface area contributed by atoms with E-state index in [9.17, 15) is 8.42 Å². The Morgan fingerprint density at radius 2 is 1.90 bits per heavy atom. The molecule has 0 atom stereocenters. The predicted octanol–water partition coefficient (Wildman–Crippen LogP) is 0.827. The average Bonchev–Trinajstić information content (AvgIpc) is 2.94. The van der Waals surface area contributed by atoms with Gasteiger partial charge >= 0.3 is 0 Å². The molecule has 0 radical (unpaired) electrons. The largest absolute Gasteiger partial charge is 0.352 e. The third-order valence-corrected chi connectivity index (χ3v) is 6.30. The fraction of sp³-hybridized carbons (Fsp3) is 0.714. The van der Waals surface area contributed by atoms with Crippen LogP contribution in [-0.2, 0) is 22.9 Å². The molecule has 2 heterocycles. The minimum atomic E-state index is -3.08. The van der Waals surface area contributed by atoms with Crippen LogP contribution in [0.3, 0.4) is 0 Å². The summed E-state index contributed by atoms with van der Waals surface area (Å²) < 4.78 is 25.7. The molecule has 0 saturated carbocycles. The van der Waals surface area contributed by atoms with Crippen molar-refractivity contribution in [3.63, 3.8) is 0 Å². The first kappa shape index (κ1) is 14.7. The van der Waals surface area contributed by atoms with Crippen molar-refractivity contribution in [2.24, 2.45) is 0 Å². The smallest absolute Gasteiger partial charge is 0.214 e. The van der Waals surface area contributed by atoms with Crippen LogP contribution in [0.5, 0.6) is 0 Å². The minimum absolute atomic E-state index is 0.242. The normalized spacial score (nSPS) is 19.8. The molecule has 116 valence electrons. The Balaban J connectivity index is 1.66. The van der Waals surface area contributed by atoms with Crippen molar-refractivity contribution in [3.8, 4) is 0 Å². The van der Waals surface area contributed by atoms with Gasteiger partial charge in [0.05, 0.1) is 11.4 Å². The molecule has 1 aliphatic carbocycles. The fourth-order valence-corrected chi connectivity index (χ4v) is 4.55. The van der Waals surface area contributed by atoms with Gasteiger partial charge in [-0.2, -0.15) is 9.40 Å². The SMILES string of the molecule is CCCS(=O)(=O)N1CCN(c2cc3c(nn2)CCC3)CC1. The summed E-state index contributed by atoms with van der Waals surface area (Å²) in [4.78, 5) is 2.14. The van der Waals surface area contributed by atoms with E-state index in [0.717, 1.165) is 30.8 Å². The summed E-state index contributed by atoms with van der Waals surface area (Å²) >= 11 is 0. The Hall–Kier alpha value is -1.21. The number of nitrogens with zero attached hydrogens (tertiary/aromatic N) is 4. The third-order valence-electron chi connectivity index (χ3n) is 4.22. The first-order chi connectivity index (χ1) is 10.1. The second-order valence-corrected chi connectivity index (χ2v) is 7.82. The van der Waals surface area contributed by atoms with Crippen LogP contribution in [0.25, 0.3) is 0 Å². The summed E-state index contributed by atoms with van der Waals surface area (Å²) in [5, 5.41) is 8.61. The van der Waals surface area contributed by atoms with Gasteiger partial charge in [0.25, 0.3) is 0 Å². The zero-order valence-electron chi connectivity index (χ0n) is 12.5. The van der Waals surface area contributed by atoms with Crippen LogP contribution in [0.15, 0.2) is 6.07 Å². The van der Waals surface area contributed by atoms with Crippen LogP contribution in [-0.4, -0.2) is 54.9 Å². The first-order valence-electron chi connectivity index (χ1n) is 7.68. The lowest BCUT2D eigenvalue weighted by Gasteiger charge is -2.34. The molecule has 0 N–H and O–H groups in total. The predicted molar refractivity (Wildman–Crippen MR) is 81.9 cm³/mol. The van der Waals surface area contributed by atoms with Crippen LogP contribution in [0, 0.1) is 0 Å². The summed E-state index contributed by atoms with van der Waals surface area (Å²) in [6.07, 6.45) is 3.95. The number of rotatable bonds is 4. The van der Waals surface area contributed by atoms with Crippen molar-refractivity contribution in [1.82, 2.24) is 14.5 Å². The Morgan fingerprint density at radius 3 is 2.62 bits per heavy atom. The van der Waals surface area contributed by atoms with Gasteiger partial charge in [0.15, 0.2) is 5.82 Å². The van der Waals surface area contributed by atoms with E-state index in [2.05, 4.69) is 21.2 Å². The molecular formula is C14H22N4O2S. The molecule has 1 aromatic rings. The molecule has 1 fully saturated rings. The maximum absolute atomic E-state index is 12.1. The van der Waals surface area contributed by atoms with Crippen molar-refractivity contribution in [1.29, 1.82) is 0 Å². The second-order valence-electron chi connectivity index (χ2n) is 5.73. The number of fused-ring (bicyclic) bond motifs is 1. The lowest BCUT2D eigenvalue weighted by atomic mass is 10.2. The van der Waals surface area contributed by atoms with E-state index >= 15 is 0 Å². The van der Waals surface area contributed by atoms with Gasteiger partial charge in [-0.15, -0.1) is 5.10 Å². The number of hydrogen-bond donors (Lipinski definition) is 0. The lowest BCUT2D eigenvalue weighted by molar-refractivity contribution is 0.383. The van der Waals surface area contributed by atoms with Gasteiger partial charge in [0, 0.05) is 26.2 Å². The summed E-state index contributed by atoms with van der Waals surface area (Å²) in [7, 11) is -3.08. The molecule has 0 amide bonds. The number of anilines is 1. The van der Waals surface area contributed by atoms with E-state index in [4.69, 9.17) is 0 Å². The molecule has 3 rings (SSSR count). The van der Waals surface area contributed by atoms with Gasteiger partial charge in [0.2, 0.25) is 10.0 Å². The van der Waals surface area contributed by atoms with Gasteiger partial charge < -0.3 is 4.90 Å². The van der Waals surface area contributed by atoms with Gasteiger partial charge in [-0.3, -0.25) is 0 Å². The number of piperazine rings is 1. The van der Waals surface area contributed by atoms with Crippen LogP contribution in [0.1, 0.15) is 31.0 Å². The van der Waals surface area contributed by atoms with Gasteiger partial charge in [-0.1, -0.05) is 6.92 Å². The van der Waals surface area contributed by atoms with Crippen LogP contribution in [0.2, 0.25) is 0 Å². The van der Waals surface area contributed by atoms with Gasteiger partial charge in [0.1, 0.15) is 0 Å². The Kier molecular flexibility index (Phi) is 4.12. The van der Waals surface area contributed by atoms with Gasteiger partial charge in [-0.05, 0) is 37.3 Å². The maximum atomic E-state index is 12.1. The van der Waals surface area contributed by atoms with Crippen molar-refractivity contribution in [2.45, 2.75) is 32.6 Å². The van der Waals surface area contributed by atoms with Crippen LogP contribution < -0.4 is 4.90 Å². The number of aryl methyl sites for hydroxylation is 2. The first-order valence-corrected chi connectivity index (χ1v) is 9.29. The van der Waals surface area contributed by atoms with Crippen molar-refractivity contribution in [2.75, 3.05) is 36.8 Å². The molecule has 0 spiro atoms. The highest BCUT2D eigenvalue weighted by molar-refractivity contribution is 7.89. The van der Waals surface area contributed by atoms with Crippen molar-refractivity contribution < 1.29 is 8.42 Å². The molecule has 1 aromatic heterocycles. The third kappa shape index (κ3) is 3.03. The van der Waals surface area contributed by atoms with E-state index in [1.807, 2.05) is 6.92 Å². The Bertz CT molecular complexity index is 609. The highest BCUT2D eigenvalue weighted by Crippen LogP contribution is 2.23. The quantitative estimate of drug-likeness (QED) is 0.824. The molecule has 21 heavy (non-hydrogen) atoms. The second kappa shape index (κ2) is 5.88. The highest BCUT2D eigenvalue weighted by Gasteiger charge is 2.27. The van der Waals surface area contributed by atoms with Crippen molar-refractivity contribution >= 4 is 15.8 Å². The van der Waals surface area contributed by atoms with Crippen LogP contribution >= 0.6 is 0 Å². The van der Waals surface area contributed by atoms with E-state index in [0.29, 0.717) is 32.6 Å². The summed E-state index contributed by atoms with van der Waals surface area (Å²) in [6, 6.07) is 2.13. The monoisotopic (exact) mass is 310 g/mol. The Morgan fingerprint density at radius 1 is 1.14 bits per heavy atom. The average molecular weight is 310 g/mol. The zero-order valence-corrected chi connectivity index (χ0v) is 13.3. The van der Waals surface area contributed by atoms with Crippen LogP contribution in [0.4, 0.5) is 5.82 Å². The number of aromatic nitrogens is 2. The zero-order chi connectivity index (χ0) is 14.9. The molecule has 1 saturated heterocycles. The van der Waals surface area contributed by atoms with E-state index < -0.39 is 10.0 Å². The summed E-state index contributed by atoms with van der Waals surface area (Å²) in [6.45, 7) is 4.36. The Labute approximate surface area is 126 Å². The van der Waals surface area contributed by atoms with Crippen molar-refractivity contribution in [3.05, 3.63) is 17.3 Å². The molecular weight excluding hydrogens is 288 g/mol. The van der Waals surface area contributed by atoms with E-state index in [1.165, 1.54) is 5.56 Å². The molecule has 6 nitrogen and oxygen atoms in total. The topological polar surface area (TPSA) is 66.4 Å². The molecule has 0 bridgehead atoms. The molecule has 0 aromatic carbocycles. The minimum Gasteiger partial charge on any atom is -0.352 e. The highest BCUT2D eigenvalue weighted by atomic mass is 32.2.